The number of anilines is 2. The van der Waals surface area contributed by atoms with E-state index in [9.17, 15) is 14.7 Å². The van der Waals surface area contributed by atoms with Crippen molar-refractivity contribution in [1.82, 2.24) is 29.8 Å². The number of ether oxygens (including phenoxy) is 1. The van der Waals surface area contributed by atoms with Gasteiger partial charge in [-0.3, -0.25) is 14.3 Å². The lowest BCUT2D eigenvalue weighted by Gasteiger charge is -2.17. The fourth-order valence-electron chi connectivity index (χ4n) is 3.23. The standard InChI is InChI=1S/C17H19N7O4/c1-10-2-4-11(5-3-10)18-16-20-21-22-24(16)12-8-15(28-13(12)9-25)23-7-6-14(26)19-17(23)27/h2-7,12-13,15,25H,8-9H2,1H3,(H,18,20,22)(H,19,26,27)/t12-,13+,15+/m0/s1. The first-order chi connectivity index (χ1) is 13.5. The Morgan fingerprint density at radius 1 is 1.29 bits per heavy atom. The molecule has 1 aromatic carbocycles. The van der Waals surface area contributed by atoms with Crippen molar-refractivity contribution in [2.45, 2.75) is 31.7 Å². The fourth-order valence-corrected chi connectivity index (χ4v) is 3.23. The molecule has 0 radical (unpaired) electrons. The van der Waals surface area contributed by atoms with Crippen LogP contribution in [0, 0.1) is 6.92 Å². The zero-order chi connectivity index (χ0) is 19.7. The third-order valence-corrected chi connectivity index (χ3v) is 4.66. The third kappa shape index (κ3) is 3.44. The van der Waals surface area contributed by atoms with Crippen molar-refractivity contribution >= 4 is 11.6 Å². The van der Waals surface area contributed by atoms with Gasteiger partial charge in [0.25, 0.3) is 5.56 Å². The van der Waals surface area contributed by atoms with E-state index in [2.05, 4.69) is 25.8 Å². The van der Waals surface area contributed by atoms with Crippen LogP contribution in [0.3, 0.4) is 0 Å². The van der Waals surface area contributed by atoms with Gasteiger partial charge in [0.15, 0.2) is 0 Å². The minimum atomic E-state index is -0.664. The number of aromatic amines is 1. The topological polar surface area (TPSA) is 140 Å². The van der Waals surface area contributed by atoms with Crippen molar-refractivity contribution in [1.29, 1.82) is 0 Å². The number of aliphatic hydroxyl groups is 1. The number of rotatable bonds is 5. The van der Waals surface area contributed by atoms with Gasteiger partial charge in [0.1, 0.15) is 12.3 Å². The number of aliphatic hydroxyl groups excluding tert-OH is 1. The van der Waals surface area contributed by atoms with Crippen LogP contribution in [0.15, 0.2) is 46.1 Å². The highest BCUT2D eigenvalue weighted by Gasteiger charge is 2.39. The van der Waals surface area contributed by atoms with Gasteiger partial charge in [0.05, 0.1) is 12.6 Å². The summed E-state index contributed by atoms with van der Waals surface area (Å²) in [4.78, 5) is 25.5. The Bertz CT molecular complexity index is 1070. The van der Waals surface area contributed by atoms with Crippen LogP contribution in [-0.4, -0.2) is 47.6 Å². The predicted octanol–water partition coefficient (Wildman–Crippen LogP) is 0.0962. The first-order valence-corrected chi connectivity index (χ1v) is 8.74. The van der Waals surface area contributed by atoms with Crippen LogP contribution in [0.25, 0.3) is 0 Å². The van der Waals surface area contributed by atoms with Crippen LogP contribution in [0.1, 0.15) is 24.3 Å². The average Bonchev–Trinajstić information content (AvgIpc) is 3.30. The molecule has 0 aliphatic carbocycles. The second kappa shape index (κ2) is 7.37. The first-order valence-electron chi connectivity index (χ1n) is 8.74. The van der Waals surface area contributed by atoms with Crippen molar-refractivity contribution in [3.8, 4) is 0 Å². The van der Waals surface area contributed by atoms with E-state index in [0.29, 0.717) is 12.4 Å². The zero-order valence-electron chi connectivity index (χ0n) is 15.0. The van der Waals surface area contributed by atoms with Crippen LogP contribution in [-0.2, 0) is 4.74 Å². The van der Waals surface area contributed by atoms with Crippen molar-refractivity contribution in [3.63, 3.8) is 0 Å². The monoisotopic (exact) mass is 385 g/mol. The quantitative estimate of drug-likeness (QED) is 0.562. The van der Waals surface area contributed by atoms with Gasteiger partial charge < -0.3 is 15.2 Å². The Hall–Kier alpha value is -3.31. The van der Waals surface area contributed by atoms with E-state index in [4.69, 9.17) is 4.74 Å². The molecule has 28 heavy (non-hydrogen) atoms. The number of tetrazole rings is 1. The molecule has 11 heteroatoms. The Morgan fingerprint density at radius 3 is 2.79 bits per heavy atom. The van der Waals surface area contributed by atoms with Crippen LogP contribution in [0.2, 0.25) is 0 Å². The molecule has 3 atom stereocenters. The number of nitrogens with one attached hydrogen (secondary N) is 2. The minimum absolute atomic E-state index is 0.275. The molecule has 1 aliphatic heterocycles. The van der Waals surface area contributed by atoms with Crippen molar-refractivity contribution in [3.05, 3.63) is 62.9 Å². The first kappa shape index (κ1) is 18.1. The number of benzene rings is 1. The molecular formula is C17H19N7O4. The van der Waals surface area contributed by atoms with Gasteiger partial charge in [-0.25, -0.2) is 9.48 Å². The molecule has 1 aliphatic rings. The Balaban J connectivity index is 1.60. The molecular weight excluding hydrogens is 366 g/mol. The summed E-state index contributed by atoms with van der Waals surface area (Å²) < 4.78 is 8.64. The second-order valence-corrected chi connectivity index (χ2v) is 6.57. The Morgan fingerprint density at radius 2 is 2.07 bits per heavy atom. The fraction of sp³-hybridized carbons (Fsp3) is 0.353. The lowest BCUT2D eigenvalue weighted by molar-refractivity contribution is -0.0321. The largest absolute Gasteiger partial charge is 0.394 e. The maximum absolute atomic E-state index is 12.1. The highest BCUT2D eigenvalue weighted by molar-refractivity contribution is 5.53. The van der Waals surface area contributed by atoms with E-state index in [1.54, 1.807) is 0 Å². The molecule has 2 aromatic heterocycles. The van der Waals surface area contributed by atoms with Gasteiger partial charge in [0.2, 0.25) is 5.95 Å². The maximum atomic E-state index is 12.1. The molecule has 0 amide bonds. The van der Waals surface area contributed by atoms with Gasteiger partial charge in [-0.2, -0.15) is 0 Å². The lowest BCUT2D eigenvalue weighted by atomic mass is 10.1. The summed E-state index contributed by atoms with van der Waals surface area (Å²) in [5, 5.41) is 24.7. The van der Waals surface area contributed by atoms with Crippen LogP contribution in [0.5, 0.6) is 0 Å². The average molecular weight is 385 g/mol. The third-order valence-electron chi connectivity index (χ3n) is 4.66. The van der Waals surface area contributed by atoms with E-state index in [0.717, 1.165) is 11.3 Å². The van der Waals surface area contributed by atoms with Crippen molar-refractivity contribution in [2.75, 3.05) is 11.9 Å². The smallest absolute Gasteiger partial charge is 0.330 e. The summed E-state index contributed by atoms with van der Waals surface area (Å²) >= 11 is 0. The number of nitrogens with zero attached hydrogens (tertiary/aromatic N) is 5. The molecule has 1 saturated heterocycles. The number of H-pyrrole nitrogens is 1. The zero-order valence-corrected chi connectivity index (χ0v) is 15.0. The molecule has 4 rings (SSSR count). The summed E-state index contributed by atoms with van der Waals surface area (Å²) in [6, 6.07) is 8.58. The SMILES string of the molecule is Cc1ccc(Nc2nnnn2[C@H]2C[C@H](n3ccc(=O)[nH]c3=O)O[C@@H]2CO)cc1. The number of aromatic nitrogens is 6. The molecule has 0 spiro atoms. The van der Waals surface area contributed by atoms with Gasteiger partial charge in [-0.15, -0.1) is 0 Å². The molecule has 3 heterocycles. The van der Waals surface area contributed by atoms with Crippen LogP contribution < -0.4 is 16.6 Å². The van der Waals surface area contributed by atoms with E-state index in [1.807, 2.05) is 31.2 Å². The summed E-state index contributed by atoms with van der Waals surface area (Å²) in [7, 11) is 0. The highest BCUT2D eigenvalue weighted by Crippen LogP contribution is 2.36. The van der Waals surface area contributed by atoms with E-state index in [1.165, 1.54) is 21.5 Å². The van der Waals surface area contributed by atoms with Crippen molar-refractivity contribution < 1.29 is 9.84 Å². The second-order valence-electron chi connectivity index (χ2n) is 6.57. The van der Waals surface area contributed by atoms with Crippen LogP contribution in [0.4, 0.5) is 11.6 Å². The van der Waals surface area contributed by atoms with E-state index in [-0.39, 0.29) is 6.61 Å². The minimum Gasteiger partial charge on any atom is -0.394 e. The molecule has 1 fully saturated rings. The Labute approximate surface area is 158 Å². The lowest BCUT2D eigenvalue weighted by Crippen LogP contribution is -2.31. The van der Waals surface area contributed by atoms with Gasteiger partial charge >= 0.3 is 5.69 Å². The van der Waals surface area contributed by atoms with Gasteiger partial charge in [-0.1, -0.05) is 22.8 Å². The summed E-state index contributed by atoms with van der Waals surface area (Å²) in [5.74, 6) is 0.394. The van der Waals surface area contributed by atoms with Gasteiger partial charge in [0, 0.05) is 24.4 Å². The summed E-state index contributed by atoms with van der Waals surface area (Å²) in [5.41, 5.74) is 0.877. The highest BCUT2D eigenvalue weighted by atomic mass is 16.5. The normalized spacial score (nSPS) is 21.7. The number of aryl methyl sites for hydroxylation is 1. The molecule has 146 valence electrons. The number of hydrogen-bond acceptors (Lipinski definition) is 8. The van der Waals surface area contributed by atoms with Gasteiger partial charge in [-0.05, 0) is 29.5 Å². The van der Waals surface area contributed by atoms with E-state index < -0.39 is 29.6 Å². The molecule has 3 N–H and O–H groups in total. The molecule has 0 bridgehead atoms. The summed E-state index contributed by atoms with van der Waals surface area (Å²) in [6.45, 7) is 1.72. The molecule has 0 saturated carbocycles. The molecule has 3 aromatic rings. The molecule has 11 nitrogen and oxygen atoms in total. The predicted molar refractivity (Wildman–Crippen MR) is 98.3 cm³/mol. The number of hydrogen-bond donors (Lipinski definition) is 3. The maximum Gasteiger partial charge on any atom is 0.330 e. The molecule has 0 unspecified atom stereocenters. The summed E-state index contributed by atoms with van der Waals surface area (Å²) in [6.07, 6.45) is 0.423. The Kier molecular flexibility index (Phi) is 4.75. The van der Waals surface area contributed by atoms with E-state index >= 15 is 0 Å². The van der Waals surface area contributed by atoms with Crippen molar-refractivity contribution in [2.24, 2.45) is 0 Å². The van der Waals surface area contributed by atoms with Crippen LogP contribution >= 0.6 is 0 Å².